The average molecular weight is 243 g/mol. The van der Waals surface area contributed by atoms with Gasteiger partial charge < -0.3 is 15.5 Å². The van der Waals surface area contributed by atoms with E-state index in [0.29, 0.717) is 5.92 Å². The minimum atomic E-state index is -1.19. The van der Waals surface area contributed by atoms with Crippen molar-refractivity contribution in [2.75, 3.05) is 0 Å². The van der Waals surface area contributed by atoms with Crippen molar-refractivity contribution in [2.45, 2.75) is 38.6 Å². The van der Waals surface area contributed by atoms with Crippen LogP contribution >= 0.6 is 0 Å². The summed E-state index contributed by atoms with van der Waals surface area (Å²) in [6.07, 6.45) is 1.64. The third-order valence-corrected chi connectivity index (χ3v) is 3.00. The van der Waals surface area contributed by atoms with Crippen molar-refractivity contribution in [1.82, 2.24) is 5.32 Å². The monoisotopic (exact) mass is 243 g/mol. The van der Waals surface area contributed by atoms with Crippen LogP contribution in [-0.2, 0) is 14.4 Å². The topological polar surface area (TPSA) is 104 Å². The minimum Gasteiger partial charge on any atom is -0.481 e. The number of nitrogens with one attached hydrogen (secondary N) is 1. The molecule has 1 aliphatic carbocycles. The first kappa shape index (κ1) is 13.5. The highest BCUT2D eigenvalue weighted by Gasteiger charge is 2.34. The molecule has 0 bridgehead atoms. The summed E-state index contributed by atoms with van der Waals surface area (Å²) in [6.45, 7) is 1.77. The molecule has 1 amide bonds. The predicted octanol–water partition coefficient (Wildman–Crippen LogP) is 0.467. The quantitative estimate of drug-likeness (QED) is 0.603. The van der Waals surface area contributed by atoms with Gasteiger partial charge in [0.25, 0.3) is 0 Å². The van der Waals surface area contributed by atoms with Crippen molar-refractivity contribution >= 4 is 17.8 Å². The van der Waals surface area contributed by atoms with Crippen LogP contribution in [0.1, 0.15) is 32.6 Å². The van der Waals surface area contributed by atoms with E-state index in [4.69, 9.17) is 10.2 Å². The number of carbonyl (C=O) groups excluding carboxylic acids is 1. The maximum absolute atomic E-state index is 11.7. The fourth-order valence-electron chi connectivity index (χ4n) is 1.64. The summed E-state index contributed by atoms with van der Waals surface area (Å²) >= 11 is 0. The Bertz CT molecular complexity index is 324. The molecule has 0 aliphatic heterocycles. The molecule has 1 rings (SSSR count). The first-order chi connectivity index (χ1) is 7.91. The van der Waals surface area contributed by atoms with Crippen LogP contribution in [0.2, 0.25) is 0 Å². The fourth-order valence-corrected chi connectivity index (χ4v) is 1.64. The molecule has 0 aromatic carbocycles. The van der Waals surface area contributed by atoms with Gasteiger partial charge in [-0.1, -0.05) is 6.92 Å². The summed E-state index contributed by atoms with van der Waals surface area (Å²) in [6, 6.07) is -1.11. The van der Waals surface area contributed by atoms with Gasteiger partial charge in [-0.25, -0.2) is 4.79 Å². The summed E-state index contributed by atoms with van der Waals surface area (Å²) < 4.78 is 0. The van der Waals surface area contributed by atoms with Crippen LogP contribution in [0.25, 0.3) is 0 Å². The molecule has 1 fully saturated rings. The van der Waals surface area contributed by atoms with Gasteiger partial charge in [-0.2, -0.15) is 0 Å². The smallest absolute Gasteiger partial charge is 0.326 e. The summed E-state index contributed by atoms with van der Waals surface area (Å²) in [5.74, 6) is -2.40. The lowest BCUT2D eigenvalue weighted by Crippen LogP contribution is -2.43. The minimum absolute atomic E-state index is 0.0895. The Kier molecular flexibility index (Phi) is 4.48. The van der Waals surface area contributed by atoms with Gasteiger partial charge in [-0.3, -0.25) is 9.59 Å². The largest absolute Gasteiger partial charge is 0.481 e. The van der Waals surface area contributed by atoms with E-state index in [-0.39, 0.29) is 24.7 Å². The highest BCUT2D eigenvalue weighted by atomic mass is 16.4. The lowest BCUT2D eigenvalue weighted by atomic mass is 10.0. The zero-order valence-corrected chi connectivity index (χ0v) is 9.68. The lowest BCUT2D eigenvalue weighted by Gasteiger charge is -2.16. The number of carboxylic acid groups (broad SMARTS) is 2. The van der Waals surface area contributed by atoms with E-state index in [1.807, 2.05) is 0 Å². The third-order valence-electron chi connectivity index (χ3n) is 3.00. The summed E-state index contributed by atoms with van der Waals surface area (Å²) in [5, 5.41) is 19.7. The van der Waals surface area contributed by atoms with Crippen LogP contribution < -0.4 is 5.32 Å². The Hall–Kier alpha value is -1.59. The lowest BCUT2D eigenvalue weighted by molar-refractivity contribution is -0.143. The predicted molar refractivity (Wildman–Crippen MR) is 58.3 cm³/mol. The molecule has 3 N–H and O–H groups in total. The molecule has 1 aliphatic rings. The van der Waals surface area contributed by atoms with Crippen LogP contribution in [0.3, 0.4) is 0 Å². The second-order valence-corrected chi connectivity index (χ2v) is 4.46. The summed E-state index contributed by atoms with van der Waals surface area (Å²) in [7, 11) is 0. The zero-order chi connectivity index (χ0) is 13.0. The van der Waals surface area contributed by atoms with Crippen molar-refractivity contribution in [3.8, 4) is 0 Å². The van der Waals surface area contributed by atoms with Crippen LogP contribution in [0.4, 0.5) is 0 Å². The Morgan fingerprint density at radius 1 is 1.29 bits per heavy atom. The highest BCUT2D eigenvalue weighted by molar-refractivity contribution is 5.85. The van der Waals surface area contributed by atoms with Gasteiger partial charge >= 0.3 is 11.9 Å². The maximum atomic E-state index is 11.7. The number of rotatable bonds is 7. The van der Waals surface area contributed by atoms with Gasteiger partial charge in [-0.15, -0.1) is 0 Å². The Morgan fingerprint density at radius 2 is 1.88 bits per heavy atom. The first-order valence-electron chi connectivity index (χ1n) is 5.66. The molecule has 0 spiro atoms. The highest BCUT2D eigenvalue weighted by Crippen LogP contribution is 2.36. The van der Waals surface area contributed by atoms with E-state index in [9.17, 15) is 14.4 Å². The third kappa shape index (κ3) is 4.42. The van der Waals surface area contributed by atoms with E-state index >= 15 is 0 Å². The van der Waals surface area contributed by atoms with E-state index in [1.165, 1.54) is 0 Å². The number of amides is 1. The van der Waals surface area contributed by atoms with Crippen molar-refractivity contribution in [2.24, 2.45) is 11.8 Å². The number of aliphatic carboxylic acids is 2. The number of carboxylic acids is 2. The molecule has 6 nitrogen and oxygen atoms in total. The molecule has 0 saturated heterocycles. The van der Waals surface area contributed by atoms with E-state index in [2.05, 4.69) is 5.32 Å². The molecule has 0 aromatic rings. The number of carbonyl (C=O) groups is 3. The molecule has 96 valence electrons. The number of hydrogen-bond acceptors (Lipinski definition) is 3. The van der Waals surface area contributed by atoms with E-state index < -0.39 is 18.0 Å². The second-order valence-electron chi connectivity index (χ2n) is 4.46. The second kappa shape index (κ2) is 5.65. The zero-order valence-electron chi connectivity index (χ0n) is 9.68. The summed E-state index contributed by atoms with van der Waals surface area (Å²) in [5.41, 5.74) is 0. The van der Waals surface area contributed by atoms with Crippen LogP contribution in [0, 0.1) is 11.8 Å². The van der Waals surface area contributed by atoms with Gasteiger partial charge in [0.2, 0.25) is 5.91 Å². The Balaban J connectivity index is 2.44. The van der Waals surface area contributed by atoms with Gasteiger partial charge in [-0.05, 0) is 25.2 Å². The molecule has 1 unspecified atom stereocenters. The molecule has 0 radical (unpaired) electrons. The molecular weight excluding hydrogens is 226 g/mol. The van der Waals surface area contributed by atoms with E-state index in [0.717, 1.165) is 12.8 Å². The Morgan fingerprint density at radius 3 is 2.29 bits per heavy atom. The molecule has 6 heteroatoms. The van der Waals surface area contributed by atoms with Crippen LogP contribution in [0.5, 0.6) is 0 Å². The van der Waals surface area contributed by atoms with Gasteiger partial charge in [0.15, 0.2) is 0 Å². The van der Waals surface area contributed by atoms with Crippen molar-refractivity contribution in [3.63, 3.8) is 0 Å². The number of hydrogen-bond donors (Lipinski definition) is 3. The van der Waals surface area contributed by atoms with Crippen molar-refractivity contribution in [3.05, 3.63) is 0 Å². The van der Waals surface area contributed by atoms with Crippen molar-refractivity contribution < 1.29 is 24.6 Å². The maximum Gasteiger partial charge on any atom is 0.326 e. The average Bonchev–Trinajstić information content (AvgIpc) is 3.05. The molecule has 17 heavy (non-hydrogen) atoms. The molecule has 2 atom stereocenters. The van der Waals surface area contributed by atoms with Crippen LogP contribution in [0.15, 0.2) is 0 Å². The molecular formula is C11H17NO5. The summed E-state index contributed by atoms with van der Waals surface area (Å²) in [4.78, 5) is 32.9. The van der Waals surface area contributed by atoms with Crippen molar-refractivity contribution in [1.29, 1.82) is 0 Å². The van der Waals surface area contributed by atoms with Gasteiger partial charge in [0.1, 0.15) is 6.04 Å². The first-order valence-corrected chi connectivity index (χ1v) is 5.66. The molecule has 1 saturated carbocycles. The normalized spacial score (nSPS) is 18.2. The fraction of sp³-hybridized carbons (Fsp3) is 0.727. The van der Waals surface area contributed by atoms with Gasteiger partial charge in [0, 0.05) is 12.3 Å². The SMILES string of the molecule is CC(C(=O)N[C@@H](CCC(=O)O)C(=O)O)C1CC1. The molecule has 0 aromatic heterocycles. The molecule has 0 heterocycles. The van der Waals surface area contributed by atoms with Gasteiger partial charge in [0.05, 0.1) is 0 Å². The van der Waals surface area contributed by atoms with E-state index in [1.54, 1.807) is 6.92 Å². The van der Waals surface area contributed by atoms with Crippen LogP contribution in [-0.4, -0.2) is 34.1 Å². The standard InChI is InChI=1S/C11H17NO5/c1-6(7-2-3-7)10(15)12-8(11(16)17)4-5-9(13)14/h6-8H,2-5H2,1H3,(H,12,15)(H,13,14)(H,16,17)/t6?,8-/m0/s1. The Labute approximate surface area is 99.0 Å².